The van der Waals surface area contributed by atoms with Crippen LogP contribution in [0, 0.1) is 17.2 Å². The highest BCUT2D eigenvalue weighted by atomic mass is 35.5. The summed E-state index contributed by atoms with van der Waals surface area (Å²) >= 11 is 12.5. The maximum atomic E-state index is 13.2. The zero-order chi connectivity index (χ0) is 19.0. The summed E-state index contributed by atoms with van der Waals surface area (Å²) in [4.78, 5) is 15.1. The number of hydrogen-bond donors (Lipinski definition) is 0. The Morgan fingerprint density at radius 3 is 2.59 bits per heavy atom. The number of amides is 1. The van der Waals surface area contributed by atoms with Gasteiger partial charge in [0.05, 0.1) is 10.0 Å². The lowest BCUT2D eigenvalue weighted by Gasteiger charge is -2.43. The lowest BCUT2D eigenvalue weighted by molar-refractivity contribution is 0.0831. The van der Waals surface area contributed by atoms with E-state index in [1.54, 1.807) is 18.2 Å². The van der Waals surface area contributed by atoms with Crippen LogP contribution in [-0.2, 0) is 0 Å². The van der Waals surface area contributed by atoms with E-state index in [4.69, 9.17) is 23.2 Å². The van der Waals surface area contributed by atoms with Crippen molar-refractivity contribution in [1.82, 2.24) is 19.9 Å². The number of fused-ring (bicyclic) bond motifs is 1. The maximum absolute atomic E-state index is 13.2. The quantitative estimate of drug-likeness (QED) is 0.688. The van der Waals surface area contributed by atoms with Gasteiger partial charge in [-0.2, -0.15) is 9.94 Å². The molecule has 0 N–H and O–H groups in total. The molecule has 140 valence electrons. The summed E-state index contributed by atoms with van der Waals surface area (Å²) in [5.74, 6) is 0.544. The third-order valence-electron chi connectivity index (χ3n) is 5.65. The maximum Gasteiger partial charge on any atom is 0.347 e. The van der Waals surface area contributed by atoms with Gasteiger partial charge in [-0.15, -0.1) is 5.10 Å². The third kappa shape index (κ3) is 3.19. The molecule has 1 amide bonds. The molecule has 1 saturated carbocycles. The summed E-state index contributed by atoms with van der Waals surface area (Å²) in [5.41, 5.74) is 0.720. The van der Waals surface area contributed by atoms with Crippen LogP contribution < -0.4 is 0 Å². The van der Waals surface area contributed by atoms with E-state index >= 15 is 0 Å². The topological polar surface area (TPSA) is 74.8 Å². The molecule has 8 heteroatoms. The molecule has 1 aromatic heterocycles. The fourth-order valence-corrected chi connectivity index (χ4v) is 4.97. The highest BCUT2D eigenvalue weighted by Gasteiger charge is 2.37. The van der Waals surface area contributed by atoms with Gasteiger partial charge in [0.2, 0.25) is 0 Å². The fourth-order valence-electron chi connectivity index (χ4n) is 4.39. The molecule has 1 aliphatic carbocycles. The van der Waals surface area contributed by atoms with Gasteiger partial charge in [0, 0.05) is 18.2 Å². The summed E-state index contributed by atoms with van der Waals surface area (Å²) in [7, 11) is 0. The van der Waals surface area contributed by atoms with Crippen LogP contribution in [-0.4, -0.2) is 38.5 Å². The zero-order valence-electron chi connectivity index (χ0n) is 14.7. The van der Waals surface area contributed by atoms with Crippen molar-refractivity contribution in [3.63, 3.8) is 0 Å². The molecule has 1 aliphatic heterocycles. The molecular formula is C19H19Cl2N5O. The van der Waals surface area contributed by atoms with Crippen molar-refractivity contribution in [3.05, 3.63) is 33.9 Å². The number of benzene rings is 1. The van der Waals surface area contributed by atoms with E-state index in [2.05, 4.69) is 16.4 Å². The summed E-state index contributed by atoms with van der Waals surface area (Å²) in [6.07, 6.45) is 6.68. The molecule has 1 aromatic carbocycles. The Morgan fingerprint density at radius 1 is 1.15 bits per heavy atom. The lowest BCUT2D eigenvalue weighted by atomic mass is 9.78. The lowest BCUT2D eigenvalue weighted by Crippen LogP contribution is -2.51. The number of aromatic nitrogens is 3. The number of rotatable bonds is 1. The predicted molar refractivity (Wildman–Crippen MR) is 103 cm³/mol. The molecule has 1 saturated heterocycles. The van der Waals surface area contributed by atoms with Crippen molar-refractivity contribution in [2.75, 3.05) is 6.54 Å². The van der Waals surface area contributed by atoms with Crippen LogP contribution >= 0.6 is 23.2 Å². The second-order valence-corrected chi connectivity index (χ2v) is 7.95. The average molecular weight is 404 g/mol. The molecule has 6 nitrogen and oxygen atoms in total. The van der Waals surface area contributed by atoms with Gasteiger partial charge in [-0.1, -0.05) is 47.3 Å². The van der Waals surface area contributed by atoms with Gasteiger partial charge in [0.25, 0.3) is 0 Å². The summed E-state index contributed by atoms with van der Waals surface area (Å²) in [5, 5.41) is 18.5. The van der Waals surface area contributed by atoms with Gasteiger partial charge in [0.15, 0.2) is 5.69 Å². The Kier molecular flexibility index (Phi) is 5.07. The number of likely N-dealkylation sites (tertiary alicyclic amines) is 1. The average Bonchev–Trinajstić information content (AvgIpc) is 3.10. The van der Waals surface area contributed by atoms with E-state index in [1.807, 2.05) is 4.90 Å². The summed E-state index contributed by atoms with van der Waals surface area (Å²) < 4.78 is 1.10. The number of hydrogen-bond acceptors (Lipinski definition) is 4. The first-order valence-electron chi connectivity index (χ1n) is 9.23. The van der Waals surface area contributed by atoms with Crippen LogP contribution in [0.25, 0.3) is 11.3 Å². The summed E-state index contributed by atoms with van der Waals surface area (Å²) in [6.45, 7) is 0.687. The van der Waals surface area contributed by atoms with Crippen LogP contribution in [0.4, 0.5) is 4.79 Å². The Morgan fingerprint density at radius 2 is 1.85 bits per heavy atom. The third-order valence-corrected chi connectivity index (χ3v) is 6.28. The molecular weight excluding hydrogens is 385 g/mol. The highest BCUT2D eigenvalue weighted by Crippen LogP contribution is 2.37. The van der Waals surface area contributed by atoms with Crippen molar-refractivity contribution >= 4 is 29.2 Å². The first kappa shape index (κ1) is 18.3. The van der Waals surface area contributed by atoms with E-state index < -0.39 is 0 Å². The van der Waals surface area contributed by atoms with Crippen LogP contribution in [0.2, 0.25) is 10.0 Å². The molecule has 0 bridgehead atoms. The van der Waals surface area contributed by atoms with Crippen molar-refractivity contribution in [2.24, 2.45) is 5.92 Å². The van der Waals surface area contributed by atoms with Crippen LogP contribution in [0.5, 0.6) is 0 Å². The normalized spacial score (nSPS) is 22.2. The highest BCUT2D eigenvalue weighted by molar-refractivity contribution is 6.39. The van der Waals surface area contributed by atoms with Crippen LogP contribution in [0.1, 0.15) is 44.2 Å². The second kappa shape index (κ2) is 7.49. The standard InChI is InChI=1S/C19H19Cl2N5O/c20-13-7-3-8-14(21)17(13)18-16(11-22)26(24-23-18)19(27)25-10-4-6-12-5-1-2-9-15(12)25/h3,7-8,12,15H,1-2,4-6,9-10H2. The molecule has 2 unspecified atom stereocenters. The van der Waals surface area contributed by atoms with E-state index in [1.165, 1.54) is 6.42 Å². The molecule has 0 spiro atoms. The minimum atomic E-state index is -0.287. The fraction of sp³-hybridized carbons (Fsp3) is 0.474. The molecule has 0 radical (unpaired) electrons. The number of carbonyl (C=O) groups excluding carboxylic acids is 1. The number of halogens is 2. The SMILES string of the molecule is N#Cc1c(-c2c(Cl)cccc2Cl)nnn1C(=O)N1CCCC2CCCCC21. The Balaban J connectivity index is 1.72. The Hall–Kier alpha value is -2.10. The number of nitrogens with zero attached hydrogens (tertiary/aromatic N) is 5. The van der Waals surface area contributed by atoms with E-state index in [-0.39, 0.29) is 23.5 Å². The second-order valence-electron chi connectivity index (χ2n) is 7.14. The Labute approximate surface area is 167 Å². The monoisotopic (exact) mass is 403 g/mol. The summed E-state index contributed by atoms with van der Waals surface area (Å²) in [6, 6.07) is 7.05. The van der Waals surface area contributed by atoms with Crippen molar-refractivity contribution < 1.29 is 4.79 Å². The zero-order valence-corrected chi connectivity index (χ0v) is 16.2. The number of carbonyl (C=O) groups is 1. The first-order chi connectivity index (χ1) is 13.1. The smallest absolute Gasteiger partial charge is 0.320 e. The number of nitriles is 1. The van der Waals surface area contributed by atoms with Crippen molar-refractivity contribution in [3.8, 4) is 17.3 Å². The largest absolute Gasteiger partial charge is 0.347 e. The molecule has 2 atom stereocenters. The van der Waals surface area contributed by atoms with Gasteiger partial charge >= 0.3 is 6.03 Å². The molecule has 2 fully saturated rings. The van der Waals surface area contributed by atoms with E-state index in [0.29, 0.717) is 28.1 Å². The first-order valence-corrected chi connectivity index (χ1v) is 9.98. The molecule has 27 heavy (non-hydrogen) atoms. The van der Waals surface area contributed by atoms with Crippen molar-refractivity contribution in [2.45, 2.75) is 44.6 Å². The molecule has 2 aliphatic rings. The van der Waals surface area contributed by atoms with Crippen molar-refractivity contribution in [1.29, 1.82) is 5.26 Å². The van der Waals surface area contributed by atoms with E-state index in [0.717, 1.165) is 36.8 Å². The molecule has 4 rings (SSSR count). The minimum absolute atomic E-state index is 0.0629. The van der Waals surface area contributed by atoms with Gasteiger partial charge in [-0.25, -0.2) is 4.79 Å². The predicted octanol–water partition coefficient (Wildman–Crippen LogP) is 4.75. The number of piperidine rings is 1. The van der Waals surface area contributed by atoms with Crippen LogP contribution in [0.15, 0.2) is 18.2 Å². The van der Waals surface area contributed by atoms with Gasteiger partial charge in [0.1, 0.15) is 11.8 Å². The van der Waals surface area contributed by atoms with E-state index in [9.17, 15) is 10.1 Å². The molecule has 2 heterocycles. The van der Waals surface area contributed by atoms with Gasteiger partial charge in [-0.05, 0) is 43.7 Å². The van der Waals surface area contributed by atoms with Crippen LogP contribution in [0.3, 0.4) is 0 Å². The minimum Gasteiger partial charge on any atom is -0.320 e. The van der Waals surface area contributed by atoms with Gasteiger partial charge in [-0.3, -0.25) is 0 Å². The van der Waals surface area contributed by atoms with Gasteiger partial charge < -0.3 is 4.90 Å². The Bertz CT molecular complexity index is 897. The molecule has 2 aromatic rings.